The maximum atomic E-state index is 5.16. The van der Waals surface area contributed by atoms with Crippen molar-refractivity contribution >= 4 is 21.9 Å². The number of hydrogen-bond acceptors (Lipinski definition) is 2. The number of imidazole rings is 1. The Hall–Kier alpha value is -5.02. The highest BCUT2D eigenvalue weighted by Crippen LogP contribution is 2.45. The zero-order valence-corrected chi connectivity index (χ0v) is 20.0. The fourth-order valence-electron chi connectivity index (χ4n) is 5.64. The van der Waals surface area contributed by atoms with Gasteiger partial charge in [-0.3, -0.25) is 4.57 Å². The second-order valence-electron chi connectivity index (χ2n) is 9.47. The van der Waals surface area contributed by atoms with E-state index in [2.05, 4.69) is 120 Å². The number of benzene rings is 5. The summed E-state index contributed by atoms with van der Waals surface area (Å²) in [4.78, 5) is 10.0. The molecule has 3 nitrogen and oxygen atoms in total. The second-order valence-corrected chi connectivity index (χ2v) is 9.47. The van der Waals surface area contributed by atoms with Crippen molar-refractivity contribution in [3.63, 3.8) is 0 Å². The molecule has 0 spiro atoms. The molecule has 0 N–H and O–H groups in total. The third-order valence-corrected chi connectivity index (χ3v) is 7.37. The summed E-state index contributed by atoms with van der Waals surface area (Å²) in [5, 5.41) is 1.15. The lowest BCUT2D eigenvalue weighted by atomic mass is 9.94. The van der Waals surface area contributed by atoms with Crippen LogP contribution in [-0.2, 0) is 0 Å². The van der Waals surface area contributed by atoms with Crippen LogP contribution in [0.3, 0.4) is 0 Å². The molecule has 0 saturated heterocycles. The van der Waals surface area contributed by atoms with Gasteiger partial charge >= 0.3 is 0 Å². The van der Waals surface area contributed by atoms with E-state index in [0.717, 1.165) is 50.3 Å². The van der Waals surface area contributed by atoms with Crippen molar-refractivity contribution < 1.29 is 0 Å². The van der Waals surface area contributed by atoms with Gasteiger partial charge in [-0.2, -0.15) is 0 Å². The average Bonchev–Trinajstić information content (AvgIpc) is 3.31. The summed E-state index contributed by atoms with van der Waals surface area (Å²) >= 11 is 0. The highest BCUT2D eigenvalue weighted by molar-refractivity contribution is 6.03. The van der Waals surface area contributed by atoms with E-state index in [1.54, 1.807) is 0 Å². The molecule has 37 heavy (non-hydrogen) atoms. The Morgan fingerprint density at radius 2 is 1.08 bits per heavy atom. The van der Waals surface area contributed by atoms with Crippen molar-refractivity contribution in [2.45, 2.75) is 0 Å². The number of aromatic nitrogens is 3. The predicted octanol–water partition coefficient (Wildman–Crippen LogP) is 8.56. The van der Waals surface area contributed by atoms with E-state index in [1.165, 1.54) is 22.3 Å². The summed E-state index contributed by atoms with van der Waals surface area (Å²) in [7, 11) is 0. The second kappa shape index (κ2) is 7.74. The fourth-order valence-corrected chi connectivity index (χ4v) is 5.64. The van der Waals surface area contributed by atoms with E-state index < -0.39 is 0 Å². The fraction of sp³-hybridized carbons (Fsp3) is 0. The van der Waals surface area contributed by atoms with Gasteiger partial charge in [0.15, 0.2) is 0 Å². The van der Waals surface area contributed by atoms with Crippen LogP contribution in [0.4, 0.5) is 0 Å². The van der Waals surface area contributed by atoms with Crippen molar-refractivity contribution in [1.82, 2.24) is 14.5 Å². The maximum absolute atomic E-state index is 5.16. The molecule has 3 heteroatoms. The topological polar surface area (TPSA) is 30.7 Å². The Morgan fingerprint density at radius 3 is 1.95 bits per heavy atom. The molecule has 0 radical (unpaired) electrons. The van der Waals surface area contributed by atoms with Crippen LogP contribution in [0.1, 0.15) is 0 Å². The van der Waals surface area contributed by atoms with Crippen molar-refractivity contribution in [1.29, 1.82) is 0 Å². The van der Waals surface area contributed by atoms with Crippen molar-refractivity contribution in [3.8, 4) is 50.6 Å². The normalized spacial score (nSPS) is 11.8. The van der Waals surface area contributed by atoms with Gasteiger partial charge in [0.2, 0.25) is 0 Å². The molecule has 1 aliphatic heterocycles. The molecule has 3 heterocycles. The number of rotatable bonds is 2. The first kappa shape index (κ1) is 20.2. The smallest absolute Gasteiger partial charge is 0.145 e. The highest BCUT2D eigenvalue weighted by Gasteiger charge is 2.24. The van der Waals surface area contributed by atoms with Gasteiger partial charge < -0.3 is 0 Å². The first-order chi connectivity index (χ1) is 18.3. The number of para-hydroxylation sites is 3. The van der Waals surface area contributed by atoms with Gasteiger partial charge in [-0.15, -0.1) is 0 Å². The quantitative estimate of drug-likeness (QED) is 0.253. The highest BCUT2D eigenvalue weighted by atomic mass is 15.1. The predicted molar refractivity (Wildman–Crippen MR) is 152 cm³/mol. The molecule has 1 aliphatic rings. The first-order valence-electron chi connectivity index (χ1n) is 12.5. The minimum Gasteiger partial charge on any atom is -0.291 e. The molecule has 0 fully saturated rings. The Bertz CT molecular complexity index is 1980. The molecule has 0 amide bonds. The molecule has 8 rings (SSSR count). The summed E-state index contributed by atoms with van der Waals surface area (Å²) in [5.74, 6) is 0.945. The SMILES string of the molecule is c1ccc2c(c1)-c1ccccc1-n1c(-c3ccc(-c4ccc5ccccc5n4)cc3)nc3cccc-2c31. The van der Waals surface area contributed by atoms with Crippen LogP contribution in [0.15, 0.2) is 127 Å². The first-order valence-corrected chi connectivity index (χ1v) is 12.5. The lowest BCUT2D eigenvalue weighted by molar-refractivity contribution is 1.11. The van der Waals surface area contributed by atoms with Crippen LogP contribution < -0.4 is 0 Å². The van der Waals surface area contributed by atoms with E-state index in [9.17, 15) is 0 Å². The van der Waals surface area contributed by atoms with Crippen molar-refractivity contribution in [2.24, 2.45) is 0 Å². The van der Waals surface area contributed by atoms with Gasteiger partial charge in [0, 0.05) is 27.6 Å². The summed E-state index contributed by atoms with van der Waals surface area (Å²) in [6, 6.07) is 44.8. The summed E-state index contributed by atoms with van der Waals surface area (Å²) in [5.41, 5.74) is 12.4. The van der Waals surface area contributed by atoms with E-state index in [4.69, 9.17) is 9.97 Å². The van der Waals surface area contributed by atoms with E-state index in [1.807, 2.05) is 12.1 Å². The van der Waals surface area contributed by atoms with Crippen molar-refractivity contribution in [2.75, 3.05) is 0 Å². The number of fused-ring (bicyclic) bond motifs is 6. The lowest BCUT2D eigenvalue weighted by Gasteiger charge is -2.13. The molecule has 2 aromatic heterocycles. The molecule has 172 valence electrons. The van der Waals surface area contributed by atoms with Gasteiger partial charge in [-0.25, -0.2) is 9.97 Å². The third kappa shape index (κ3) is 3.01. The van der Waals surface area contributed by atoms with Crippen LogP contribution in [0.2, 0.25) is 0 Å². The Kier molecular flexibility index (Phi) is 4.23. The monoisotopic (exact) mass is 471 g/mol. The Morgan fingerprint density at radius 1 is 0.432 bits per heavy atom. The molecule has 0 saturated carbocycles. The van der Waals surface area contributed by atoms with E-state index in [0.29, 0.717) is 0 Å². The van der Waals surface area contributed by atoms with Crippen molar-refractivity contribution in [3.05, 3.63) is 127 Å². The largest absolute Gasteiger partial charge is 0.291 e. The van der Waals surface area contributed by atoms with E-state index >= 15 is 0 Å². The summed E-state index contributed by atoms with van der Waals surface area (Å²) < 4.78 is 2.34. The standard InChI is InChI=1S/C34H21N3/c1-5-13-29-22(8-1)20-21-30(35-29)23-16-18-24(19-17-23)34-36-31-14-7-12-28-26-10-3-2-9-25(26)27-11-4-6-15-32(27)37(34)33(28)31/h1-21H. The van der Waals surface area contributed by atoms with Crippen LogP contribution in [-0.4, -0.2) is 14.5 Å². The zero-order chi connectivity index (χ0) is 24.3. The summed E-state index contributed by atoms with van der Waals surface area (Å²) in [6.45, 7) is 0. The molecule has 5 aromatic carbocycles. The number of pyridine rings is 1. The van der Waals surface area contributed by atoms with Gasteiger partial charge in [0.1, 0.15) is 5.82 Å². The maximum Gasteiger partial charge on any atom is 0.145 e. The molecular weight excluding hydrogens is 450 g/mol. The molecule has 0 bridgehead atoms. The van der Waals surface area contributed by atoms with Crippen LogP contribution in [0, 0.1) is 0 Å². The molecule has 0 aliphatic carbocycles. The summed E-state index contributed by atoms with van der Waals surface area (Å²) in [6.07, 6.45) is 0. The third-order valence-electron chi connectivity index (χ3n) is 7.37. The van der Waals surface area contributed by atoms with Gasteiger partial charge in [-0.1, -0.05) is 103 Å². The van der Waals surface area contributed by atoms with E-state index in [-0.39, 0.29) is 0 Å². The van der Waals surface area contributed by atoms with Crippen LogP contribution >= 0.6 is 0 Å². The Balaban J connectivity index is 1.34. The average molecular weight is 472 g/mol. The Labute approximate surface area is 214 Å². The molecular formula is C34H21N3. The zero-order valence-electron chi connectivity index (χ0n) is 20.0. The molecule has 7 aromatic rings. The van der Waals surface area contributed by atoms with Crippen LogP contribution in [0.25, 0.3) is 72.5 Å². The number of nitrogens with zero attached hydrogens (tertiary/aromatic N) is 3. The van der Waals surface area contributed by atoms with Crippen LogP contribution in [0.5, 0.6) is 0 Å². The van der Waals surface area contributed by atoms with Gasteiger partial charge in [0.05, 0.1) is 27.9 Å². The lowest BCUT2D eigenvalue weighted by Crippen LogP contribution is -1.99. The molecule has 0 atom stereocenters. The number of hydrogen-bond donors (Lipinski definition) is 0. The van der Waals surface area contributed by atoms with Gasteiger partial charge in [0.25, 0.3) is 0 Å². The minimum absolute atomic E-state index is 0.945. The molecule has 0 unspecified atom stereocenters. The minimum atomic E-state index is 0.945. The van der Waals surface area contributed by atoms with Gasteiger partial charge in [-0.05, 0) is 35.4 Å².